The summed E-state index contributed by atoms with van der Waals surface area (Å²) in [5, 5.41) is 16.5. The summed E-state index contributed by atoms with van der Waals surface area (Å²) in [5.41, 5.74) is 3.75. The van der Waals surface area contributed by atoms with Crippen LogP contribution in [0.25, 0.3) is 10.9 Å². The molecule has 0 radical (unpaired) electrons. The van der Waals surface area contributed by atoms with Crippen molar-refractivity contribution in [3.8, 4) is 0 Å². The fraction of sp³-hybridized carbons (Fsp3) is 0.379. The highest BCUT2D eigenvalue weighted by molar-refractivity contribution is 6.34. The summed E-state index contributed by atoms with van der Waals surface area (Å²) >= 11 is 6.14. The Bertz CT molecular complexity index is 1530. The Balaban J connectivity index is 0.000000406. The average Bonchev–Trinajstić information content (AvgIpc) is 3.12. The minimum absolute atomic E-state index is 0.270. The Kier molecular flexibility index (Phi) is 9.11. The first-order valence-corrected chi connectivity index (χ1v) is 13.6. The normalized spacial score (nSPS) is 18.6. The van der Waals surface area contributed by atoms with E-state index in [1.807, 2.05) is 0 Å². The molecule has 2 aromatic carbocycles. The van der Waals surface area contributed by atoms with Gasteiger partial charge >= 0.3 is 17.6 Å². The molecule has 10 nitrogen and oxygen atoms in total. The average molecular weight is 569 g/mol. The van der Waals surface area contributed by atoms with Crippen molar-refractivity contribution in [3.63, 3.8) is 0 Å². The van der Waals surface area contributed by atoms with Crippen molar-refractivity contribution < 1.29 is 19.8 Å². The number of para-hydroxylation sites is 1. The summed E-state index contributed by atoms with van der Waals surface area (Å²) < 4.78 is 1.31. The molecule has 2 aliphatic heterocycles. The van der Waals surface area contributed by atoms with Crippen LogP contribution in [0.2, 0.25) is 5.02 Å². The number of aliphatic carboxylic acids is 2. The van der Waals surface area contributed by atoms with E-state index in [1.165, 1.54) is 34.2 Å². The van der Waals surface area contributed by atoms with Crippen LogP contribution in [-0.2, 0) is 16.1 Å². The number of carboxylic acids is 2. The van der Waals surface area contributed by atoms with Gasteiger partial charge in [0.25, 0.3) is 5.56 Å². The summed E-state index contributed by atoms with van der Waals surface area (Å²) in [7, 11) is 0. The van der Waals surface area contributed by atoms with E-state index in [1.54, 1.807) is 18.2 Å². The number of hydrogen-bond acceptors (Lipinski definition) is 6. The van der Waals surface area contributed by atoms with Crippen LogP contribution in [0.5, 0.6) is 0 Å². The van der Waals surface area contributed by atoms with Crippen LogP contribution in [0.4, 0.5) is 5.69 Å². The molecule has 40 heavy (non-hydrogen) atoms. The van der Waals surface area contributed by atoms with Gasteiger partial charge in [-0.05, 0) is 56.9 Å². The van der Waals surface area contributed by atoms with E-state index in [-0.39, 0.29) is 5.56 Å². The molecule has 1 aromatic heterocycles. The first-order chi connectivity index (χ1) is 19.0. The first kappa shape index (κ1) is 29.1. The Morgan fingerprint density at radius 2 is 1.65 bits per heavy atom. The van der Waals surface area contributed by atoms with E-state index in [0.717, 1.165) is 26.1 Å². The van der Waals surface area contributed by atoms with Gasteiger partial charge in [0, 0.05) is 56.1 Å². The molecule has 2 aliphatic rings. The molecule has 0 amide bonds. The summed E-state index contributed by atoms with van der Waals surface area (Å²) in [4.78, 5) is 52.4. The van der Waals surface area contributed by atoms with Gasteiger partial charge in [-0.25, -0.2) is 14.4 Å². The highest BCUT2D eigenvalue weighted by Crippen LogP contribution is 2.34. The maximum atomic E-state index is 12.8. The van der Waals surface area contributed by atoms with Gasteiger partial charge in [0.15, 0.2) is 0 Å². The number of rotatable bonds is 7. The number of benzene rings is 2. The molecule has 0 aliphatic carbocycles. The number of fused-ring (bicyclic) bond motifs is 3. The van der Waals surface area contributed by atoms with E-state index in [2.05, 4.69) is 46.8 Å². The highest BCUT2D eigenvalue weighted by atomic mass is 35.5. The molecule has 2 saturated heterocycles. The molecular weight excluding hydrogens is 536 g/mol. The van der Waals surface area contributed by atoms with Crippen LogP contribution in [0.15, 0.2) is 58.1 Å². The van der Waals surface area contributed by atoms with Crippen LogP contribution in [-0.4, -0.2) is 68.3 Å². The van der Waals surface area contributed by atoms with E-state index in [4.69, 9.17) is 21.8 Å². The zero-order chi connectivity index (χ0) is 29.0. The van der Waals surface area contributed by atoms with E-state index < -0.39 is 17.6 Å². The van der Waals surface area contributed by atoms with Crippen molar-refractivity contribution >= 4 is 40.1 Å². The second-order valence-electron chi connectivity index (χ2n) is 10.2. The van der Waals surface area contributed by atoms with Crippen LogP contribution in [0, 0.1) is 13.8 Å². The third-order valence-corrected chi connectivity index (χ3v) is 7.77. The lowest BCUT2D eigenvalue weighted by atomic mass is 10.1. The summed E-state index contributed by atoms with van der Waals surface area (Å²) in [6.07, 6.45) is 4.30. The molecule has 2 fully saturated rings. The third kappa shape index (κ3) is 6.63. The molecular formula is C29H33ClN4O6. The standard InChI is InChI=1S/C25H29ClN4O2.C4H4O4/c1-16-7-10-22(17(2)13-16)28-14-18-8-9-19(15-28)29(18)11-4-12-30-24(31)20-5-3-6-21(26)23(20)27-25(30)32;5-3(6)1-2-4(7)8/h3,5-7,10,13,18-19H,4,8-9,11-12,14-15H2,1-2H3,(H,27,32);1-2H,(H,5,6)(H,7,8)/b;2-1-. The maximum absolute atomic E-state index is 12.8. The van der Waals surface area contributed by atoms with Gasteiger partial charge in [0.2, 0.25) is 0 Å². The number of aromatic amines is 1. The quantitative estimate of drug-likeness (QED) is 0.369. The third-order valence-electron chi connectivity index (χ3n) is 7.46. The molecule has 3 N–H and O–H groups in total. The van der Waals surface area contributed by atoms with Crippen molar-refractivity contribution in [2.45, 2.75) is 51.7 Å². The minimum Gasteiger partial charge on any atom is -0.478 e. The zero-order valence-corrected chi connectivity index (χ0v) is 23.2. The van der Waals surface area contributed by atoms with Gasteiger partial charge in [-0.2, -0.15) is 0 Å². The fourth-order valence-corrected chi connectivity index (χ4v) is 5.93. The number of carboxylic acid groups (broad SMARTS) is 2. The SMILES string of the molecule is Cc1ccc(N2CC3CCC(C2)N3CCCn2c(=O)[nH]c3c(Cl)cccc3c2=O)c(C)c1.O=C(O)/C=C\C(=O)O. The molecule has 2 atom stereocenters. The molecule has 2 unspecified atom stereocenters. The number of H-pyrrole nitrogens is 1. The summed E-state index contributed by atoms with van der Waals surface area (Å²) in [6, 6.07) is 12.9. The predicted molar refractivity (Wildman–Crippen MR) is 155 cm³/mol. The van der Waals surface area contributed by atoms with Crippen LogP contribution in [0.1, 0.15) is 30.4 Å². The largest absolute Gasteiger partial charge is 0.478 e. The molecule has 0 saturated carbocycles. The molecule has 2 bridgehead atoms. The molecule has 5 rings (SSSR count). The summed E-state index contributed by atoms with van der Waals surface area (Å²) in [6.45, 7) is 7.72. The second-order valence-corrected chi connectivity index (χ2v) is 10.6. The Hall–Kier alpha value is -3.89. The molecule has 11 heteroatoms. The van der Waals surface area contributed by atoms with Crippen molar-refractivity contribution in [2.24, 2.45) is 0 Å². The summed E-state index contributed by atoms with van der Waals surface area (Å²) in [5.74, 6) is -2.51. The molecule has 212 valence electrons. The number of aryl methyl sites for hydroxylation is 2. The van der Waals surface area contributed by atoms with E-state index in [0.29, 0.717) is 46.7 Å². The van der Waals surface area contributed by atoms with Gasteiger partial charge in [0.1, 0.15) is 0 Å². The van der Waals surface area contributed by atoms with Gasteiger partial charge < -0.3 is 20.1 Å². The minimum atomic E-state index is -1.26. The molecule has 3 aromatic rings. The zero-order valence-electron chi connectivity index (χ0n) is 22.5. The monoisotopic (exact) mass is 568 g/mol. The highest BCUT2D eigenvalue weighted by Gasteiger charge is 2.39. The van der Waals surface area contributed by atoms with Gasteiger partial charge in [-0.1, -0.05) is 35.4 Å². The topological polar surface area (TPSA) is 136 Å². The Labute approximate surface area is 236 Å². The van der Waals surface area contributed by atoms with Crippen LogP contribution >= 0.6 is 11.6 Å². The molecule has 0 spiro atoms. The lowest BCUT2D eigenvalue weighted by molar-refractivity contribution is -0.134. The maximum Gasteiger partial charge on any atom is 0.328 e. The number of aromatic nitrogens is 2. The number of nitrogens with zero attached hydrogens (tertiary/aromatic N) is 3. The Morgan fingerprint density at radius 3 is 2.25 bits per heavy atom. The van der Waals surface area contributed by atoms with Crippen molar-refractivity contribution in [2.75, 3.05) is 24.5 Å². The van der Waals surface area contributed by atoms with Gasteiger partial charge in [0.05, 0.1) is 15.9 Å². The smallest absolute Gasteiger partial charge is 0.328 e. The first-order valence-electron chi connectivity index (χ1n) is 13.2. The number of piperazine rings is 1. The van der Waals surface area contributed by atoms with Crippen molar-refractivity contribution in [1.29, 1.82) is 0 Å². The molecule has 3 heterocycles. The number of carbonyl (C=O) groups is 2. The van der Waals surface area contributed by atoms with Crippen LogP contribution in [0.3, 0.4) is 0 Å². The van der Waals surface area contributed by atoms with Crippen LogP contribution < -0.4 is 16.1 Å². The number of hydrogen-bond donors (Lipinski definition) is 3. The number of nitrogens with one attached hydrogen (secondary N) is 1. The lowest BCUT2D eigenvalue weighted by Gasteiger charge is -2.42. The second kappa shape index (κ2) is 12.5. The van der Waals surface area contributed by atoms with Crippen molar-refractivity contribution in [1.82, 2.24) is 14.5 Å². The number of halogens is 1. The number of anilines is 1. The lowest BCUT2D eigenvalue weighted by Crippen LogP contribution is -2.54. The van der Waals surface area contributed by atoms with Gasteiger partial charge in [-0.15, -0.1) is 0 Å². The fourth-order valence-electron chi connectivity index (χ4n) is 5.71. The van der Waals surface area contributed by atoms with Crippen molar-refractivity contribution in [3.05, 3.63) is 85.5 Å². The van der Waals surface area contributed by atoms with Gasteiger partial charge in [-0.3, -0.25) is 14.3 Å². The Morgan fingerprint density at radius 1 is 1.00 bits per heavy atom. The van der Waals surface area contributed by atoms with E-state index >= 15 is 0 Å². The van der Waals surface area contributed by atoms with E-state index in [9.17, 15) is 19.2 Å². The predicted octanol–water partition coefficient (Wildman–Crippen LogP) is 3.42.